The Morgan fingerprint density at radius 1 is 0.960 bits per heavy atom. The highest BCUT2D eigenvalue weighted by Crippen LogP contribution is 2.23. The number of hydrogen-bond donors (Lipinski definition) is 1. The largest absolute Gasteiger partial charge is 0.504 e. The quantitative estimate of drug-likeness (QED) is 0.277. The van der Waals surface area contributed by atoms with Crippen molar-refractivity contribution in [2.75, 3.05) is 6.61 Å². The summed E-state index contributed by atoms with van der Waals surface area (Å²) in [6.45, 7) is 4.29. The second-order valence-corrected chi connectivity index (χ2v) is 6.38. The maximum atomic E-state index is 12.2. The number of rotatable bonds is 13. The van der Waals surface area contributed by atoms with Crippen LogP contribution in [0.4, 0.5) is 0 Å². The fourth-order valence-electron chi connectivity index (χ4n) is 2.80. The molecule has 0 fully saturated rings. The Balaban J connectivity index is 2.23. The van der Waals surface area contributed by atoms with Crippen molar-refractivity contribution in [1.29, 1.82) is 0 Å². The predicted molar refractivity (Wildman–Crippen MR) is 100 cm³/mol. The minimum atomic E-state index is -0.534. The highest BCUT2D eigenvalue weighted by atomic mass is 16.5. The molecular formula is C21H32O4. The van der Waals surface area contributed by atoms with Crippen molar-refractivity contribution >= 4 is 11.6 Å². The molecule has 0 saturated carbocycles. The fraction of sp³-hybridized carbons (Fsp3) is 0.619. The second-order valence-electron chi connectivity index (χ2n) is 6.38. The highest BCUT2D eigenvalue weighted by Gasteiger charge is 2.28. The molecule has 140 valence electrons. The van der Waals surface area contributed by atoms with Crippen molar-refractivity contribution < 1.29 is 19.4 Å². The van der Waals surface area contributed by atoms with Gasteiger partial charge < -0.3 is 9.84 Å². The van der Waals surface area contributed by atoms with E-state index in [4.69, 9.17) is 4.74 Å². The number of aliphatic hydroxyl groups is 1. The molecule has 4 heteroatoms. The van der Waals surface area contributed by atoms with Crippen molar-refractivity contribution in [3.8, 4) is 0 Å². The smallest absolute Gasteiger partial charge is 0.227 e. The summed E-state index contributed by atoms with van der Waals surface area (Å²) in [5.74, 6) is -1.25. The van der Waals surface area contributed by atoms with Gasteiger partial charge >= 0.3 is 0 Å². The van der Waals surface area contributed by atoms with Crippen LogP contribution in [0.3, 0.4) is 0 Å². The zero-order valence-electron chi connectivity index (χ0n) is 15.7. The van der Waals surface area contributed by atoms with Gasteiger partial charge in [-0.25, -0.2) is 0 Å². The van der Waals surface area contributed by atoms with Crippen molar-refractivity contribution in [3.05, 3.63) is 35.3 Å². The summed E-state index contributed by atoms with van der Waals surface area (Å²) >= 11 is 0. The molecular weight excluding hydrogens is 316 g/mol. The van der Waals surface area contributed by atoms with Gasteiger partial charge in [0.25, 0.3) is 0 Å². The first-order valence-corrected chi connectivity index (χ1v) is 9.62. The van der Waals surface area contributed by atoms with E-state index in [0.717, 1.165) is 31.8 Å². The van der Waals surface area contributed by atoms with Gasteiger partial charge in [0.05, 0.1) is 6.61 Å². The lowest BCUT2D eigenvalue weighted by molar-refractivity contribution is -0.120. The third kappa shape index (κ3) is 7.72. The maximum absolute atomic E-state index is 12.2. The Labute approximate surface area is 151 Å². The van der Waals surface area contributed by atoms with Gasteiger partial charge in [0.2, 0.25) is 11.6 Å². The molecule has 0 atom stereocenters. The molecule has 0 heterocycles. The van der Waals surface area contributed by atoms with E-state index in [1.165, 1.54) is 32.1 Å². The summed E-state index contributed by atoms with van der Waals surface area (Å²) in [7, 11) is 0. The minimum absolute atomic E-state index is 0.0511. The molecule has 0 bridgehead atoms. The number of hydrogen-bond acceptors (Lipinski definition) is 4. The minimum Gasteiger partial charge on any atom is -0.504 e. The topological polar surface area (TPSA) is 63.6 Å². The average Bonchev–Trinajstić information content (AvgIpc) is 2.60. The molecule has 4 nitrogen and oxygen atoms in total. The zero-order valence-corrected chi connectivity index (χ0v) is 15.7. The van der Waals surface area contributed by atoms with Crippen LogP contribution in [0.25, 0.3) is 0 Å². The van der Waals surface area contributed by atoms with Crippen LogP contribution in [-0.4, -0.2) is 23.3 Å². The summed E-state index contributed by atoms with van der Waals surface area (Å²) in [5, 5.41) is 9.86. The summed E-state index contributed by atoms with van der Waals surface area (Å²) in [4.78, 5) is 23.9. The normalized spacial score (nSPS) is 15.2. The first kappa shape index (κ1) is 21.2. The van der Waals surface area contributed by atoms with Crippen LogP contribution >= 0.6 is 0 Å². The van der Waals surface area contributed by atoms with Crippen LogP contribution in [0.2, 0.25) is 0 Å². The van der Waals surface area contributed by atoms with Gasteiger partial charge in [0.15, 0.2) is 11.5 Å². The zero-order chi connectivity index (χ0) is 18.5. The second kappa shape index (κ2) is 12.5. The molecule has 0 amide bonds. The molecule has 1 N–H and O–H groups in total. The Hall–Kier alpha value is -1.84. The number of ketones is 2. The number of ether oxygens (including phenoxy) is 1. The van der Waals surface area contributed by atoms with Crippen LogP contribution in [0, 0.1) is 0 Å². The molecule has 1 aliphatic rings. The molecule has 0 saturated heterocycles. The van der Waals surface area contributed by atoms with Crippen LogP contribution < -0.4 is 0 Å². The number of carbonyl (C=O) groups excluding carboxylic acids is 2. The van der Waals surface area contributed by atoms with E-state index >= 15 is 0 Å². The first-order valence-electron chi connectivity index (χ1n) is 9.62. The molecule has 0 aliphatic heterocycles. The van der Waals surface area contributed by atoms with Crippen molar-refractivity contribution in [1.82, 2.24) is 0 Å². The number of aliphatic hydroxyl groups excluding tert-OH is 1. The molecule has 0 aromatic heterocycles. The van der Waals surface area contributed by atoms with Crippen LogP contribution in [0.5, 0.6) is 0 Å². The first-order chi connectivity index (χ1) is 12.1. The van der Waals surface area contributed by atoms with Gasteiger partial charge in [-0.15, -0.1) is 0 Å². The number of unbranched alkanes of at least 4 members (excludes halogenated alkanes) is 7. The van der Waals surface area contributed by atoms with E-state index in [1.807, 2.05) is 0 Å². The molecule has 0 spiro atoms. The number of allylic oxidation sites excluding steroid dienone is 4. The van der Waals surface area contributed by atoms with E-state index < -0.39 is 11.5 Å². The summed E-state index contributed by atoms with van der Waals surface area (Å²) in [6.07, 6.45) is 16.1. The van der Waals surface area contributed by atoms with E-state index in [9.17, 15) is 14.7 Å². The molecule has 0 radical (unpaired) electrons. The van der Waals surface area contributed by atoms with Gasteiger partial charge in [0.1, 0.15) is 0 Å². The van der Waals surface area contributed by atoms with E-state index in [1.54, 1.807) is 6.92 Å². The van der Waals surface area contributed by atoms with Crippen LogP contribution in [-0.2, 0) is 14.3 Å². The van der Waals surface area contributed by atoms with Gasteiger partial charge in [0, 0.05) is 11.6 Å². The SMILES string of the molecule is CCCC/C=C\CCCCCCCC1=C(O)C(=O)C=C(OCC)C1=O. The van der Waals surface area contributed by atoms with Gasteiger partial charge in [-0.3, -0.25) is 9.59 Å². The van der Waals surface area contributed by atoms with Crippen molar-refractivity contribution in [2.45, 2.75) is 78.1 Å². The van der Waals surface area contributed by atoms with Gasteiger partial charge in [-0.05, 0) is 39.0 Å². The predicted octanol–water partition coefficient (Wildman–Crippen LogP) is 5.35. The Kier molecular flexibility index (Phi) is 10.6. The fourth-order valence-corrected chi connectivity index (χ4v) is 2.80. The monoisotopic (exact) mass is 348 g/mol. The number of Topliss-reactive ketones (excluding diaryl/α,β-unsaturated/α-hetero) is 1. The van der Waals surface area contributed by atoms with Gasteiger partial charge in [-0.2, -0.15) is 0 Å². The number of carbonyl (C=O) groups is 2. The lowest BCUT2D eigenvalue weighted by Gasteiger charge is -2.15. The third-order valence-corrected chi connectivity index (χ3v) is 4.27. The average molecular weight is 348 g/mol. The molecule has 1 rings (SSSR count). The highest BCUT2D eigenvalue weighted by molar-refractivity contribution is 6.20. The van der Waals surface area contributed by atoms with E-state index in [-0.39, 0.29) is 17.1 Å². The maximum Gasteiger partial charge on any atom is 0.227 e. The molecule has 0 aromatic carbocycles. The Morgan fingerprint density at radius 2 is 1.60 bits per heavy atom. The molecule has 0 aromatic rings. The summed E-state index contributed by atoms with van der Waals surface area (Å²) in [5.41, 5.74) is 0.204. The Bertz CT molecular complexity index is 526. The lowest BCUT2D eigenvalue weighted by Crippen LogP contribution is -2.21. The van der Waals surface area contributed by atoms with Crippen LogP contribution in [0.15, 0.2) is 35.3 Å². The van der Waals surface area contributed by atoms with E-state index in [2.05, 4.69) is 19.1 Å². The summed E-state index contributed by atoms with van der Waals surface area (Å²) in [6, 6.07) is 0. The third-order valence-electron chi connectivity index (χ3n) is 4.27. The molecule has 25 heavy (non-hydrogen) atoms. The van der Waals surface area contributed by atoms with Crippen molar-refractivity contribution in [2.24, 2.45) is 0 Å². The summed E-state index contributed by atoms with van der Waals surface area (Å²) < 4.78 is 5.19. The van der Waals surface area contributed by atoms with E-state index in [0.29, 0.717) is 13.0 Å². The van der Waals surface area contributed by atoms with Gasteiger partial charge in [-0.1, -0.05) is 51.2 Å². The Morgan fingerprint density at radius 3 is 2.28 bits per heavy atom. The van der Waals surface area contributed by atoms with Crippen molar-refractivity contribution in [3.63, 3.8) is 0 Å². The lowest BCUT2D eigenvalue weighted by atomic mass is 9.94. The molecule has 1 aliphatic carbocycles. The molecule has 0 unspecified atom stereocenters. The standard InChI is InChI=1S/C21H32O4/c1-3-5-6-7-8-9-10-11-12-13-14-15-17-20(23)18(22)16-19(21(17)24)25-4-2/h7-8,16,23H,3-6,9-15H2,1-2H3/b8-7-. The van der Waals surface area contributed by atoms with Crippen LogP contribution in [0.1, 0.15) is 78.1 Å².